The first-order valence-corrected chi connectivity index (χ1v) is 11.5. The summed E-state index contributed by atoms with van der Waals surface area (Å²) in [6.07, 6.45) is 4.22. The van der Waals surface area contributed by atoms with Gasteiger partial charge < -0.3 is 10.1 Å². The van der Waals surface area contributed by atoms with Crippen molar-refractivity contribution in [1.82, 2.24) is 9.62 Å². The third kappa shape index (κ3) is 4.49. The number of sulfonamides is 1. The van der Waals surface area contributed by atoms with E-state index in [1.54, 1.807) is 0 Å². The number of esters is 1. The van der Waals surface area contributed by atoms with E-state index in [1.807, 2.05) is 0 Å². The number of ether oxygens (including phenoxy) is 1. The predicted molar refractivity (Wildman–Crippen MR) is 104 cm³/mol. The Morgan fingerprint density at radius 3 is 2.30 bits per heavy atom. The SMILES string of the molecule is COC(=O)C1(NC(=O)C2CCN(S(=O)(=O)c3ccc(F)c(F)c3)CC2)CCCCC1. The van der Waals surface area contributed by atoms with Crippen molar-refractivity contribution in [3.63, 3.8) is 0 Å². The number of hydrogen-bond donors (Lipinski definition) is 1. The third-order valence-corrected chi connectivity index (χ3v) is 7.89. The van der Waals surface area contributed by atoms with Crippen LogP contribution in [0.25, 0.3) is 0 Å². The normalized spacial score (nSPS) is 20.5. The van der Waals surface area contributed by atoms with Gasteiger partial charge in [-0.15, -0.1) is 0 Å². The molecule has 1 aromatic carbocycles. The van der Waals surface area contributed by atoms with Crippen LogP contribution in [0.5, 0.6) is 0 Å². The number of hydrogen-bond acceptors (Lipinski definition) is 5. The molecule has 0 unspecified atom stereocenters. The highest BCUT2D eigenvalue weighted by Gasteiger charge is 2.43. The quantitative estimate of drug-likeness (QED) is 0.704. The van der Waals surface area contributed by atoms with Gasteiger partial charge in [-0.1, -0.05) is 19.3 Å². The maximum Gasteiger partial charge on any atom is 0.331 e. The van der Waals surface area contributed by atoms with Gasteiger partial charge in [0.15, 0.2) is 11.6 Å². The van der Waals surface area contributed by atoms with Crippen molar-refractivity contribution < 1.29 is 31.5 Å². The molecule has 0 radical (unpaired) electrons. The number of nitrogens with one attached hydrogen (secondary N) is 1. The highest BCUT2D eigenvalue weighted by molar-refractivity contribution is 7.89. The topological polar surface area (TPSA) is 92.8 Å². The predicted octanol–water partition coefficient (Wildman–Crippen LogP) is 2.36. The lowest BCUT2D eigenvalue weighted by Gasteiger charge is -2.37. The maximum atomic E-state index is 13.4. The van der Waals surface area contributed by atoms with Crippen molar-refractivity contribution in [3.8, 4) is 0 Å². The van der Waals surface area contributed by atoms with Gasteiger partial charge in [0, 0.05) is 19.0 Å². The van der Waals surface area contributed by atoms with Gasteiger partial charge in [0.05, 0.1) is 12.0 Å². The smallest absolute Gasteiger partial charge is 0.331 e. The Labute approximate surface area is 174 Å². The Morgan fingerprint density at radius 2 is 1.73 bits per heavy atom. The van der Waals surface area contributed by atoms with Crippen LogP contribution < -0.4 is 5.32 Å². The fourth-order valence-corrected chi connectivity index (χ4v) is 5.70. The van der Waals surface area contributed by atoms with Crippen LogP contribution >= 0.6 is 0 Å². The Morgan fingerprint density at radius 1 is 1.10 bits per heavy atom. The van der Waals surface area contributed by atoms with E-state index < -0.39 is 39.1 Å². The van der Waals surface area contributed by atoms with Crippen LogP contribution in [0.1, 0.15) is 44.9 Å². The van der Waals surface area contributed by atoms with Gasteiger partial charge in [0.2, 0.25) is 15.9 Å². The molecule has 1 heterocycles. The first-order chi connectivity index (χ1) is 14.2. The lowest BCUT2D eigenvalue weighted by Crippen LogP contribution is -2.58. The zero-order valence-electron chi connectivity index (χ0n) is 16.8. The molecule has 1 aliphatic carbocycles. The fraction of sp³-hybridized carbons (Fsp3) is 0.600. The van der Waals surface area contributed by atoms with Gasteiger partial charge in [-0.3, -0.25) is 4.79 Å². The van der Waals surface area contributed by atoms with Crippen LogP contribution in [-0.4, -0.2) is 50.3 Å². The number of nitrogens with zero attached hydrogens (tertiary/aromatic N) is 1. The third-order valence-electron chi connectivity index (χ3n) is 6.00. The highest BCUT2D eigenvalue weighted by atomic mass is 32.2. The van der Waals surface area contributed by atoms with Crippen LogP contribution in [0.2, 0.25) is 0 Å². The summed E-state index contributed by atoms with van der Waals surface area (Å²) < 4.78 is 58.0. The van der Waals surface area contributed by atoms with Crippen molar-refractivity contribution in [3.05, 3.63) is 29.8 Å². The molecule has 10 heteroatoms. The summed E-state index contributed by atoms with van der Waals surface area (Å²) in [7, 11) is -2.69. The average molecular weight is 445 g/mol. The van der Waals surface area contributed by atoms with E-state index in [0.717, 1.165) is 31.4 Å². The number of halogens is 2. The summed E-state index contributed by atoms with van der Waals surface area (Å²) in [5, 5.41) is 2.88. The molecule has 1 saturated heterocycles. The van der Waals surface area contributed by atoms with Crippen molar-refractivity contribution >= 4 is 21.9 Å². The minimum Gasteiger partial charge on any atom is -0.467 e. The standard InChI is InChI=1S/C20H26F2N2O5S/c1-29-19(26)20(9-3-2-4-10-20)23-18(25)14-7-11-24(12-8-14)30(27,28)15-5-6-16(21)17(22)13-15/h5-6,13-14H,2-4,7-12H2,1H3,(H,23,25). The van der Waals surface area contributed by atoms with E-state index in [9.17, 15) is 26.8 Å². The molecule has 1 aliphatic heterocycles. The van der Waals surface area contributed by atoms with Crippen molar-refractivity contribution in [2.45, 2.75) is 55.4 Å². The molecule has 3 rings (SSSR count). The fourth-order valence-electron chi connectivity index (χ4n) is 4.21. The summed E-state index contributed by atoms with van der Waals surface area (Å²) in [5.41, 5.74) is -1.01. The summed E-state index contributed by atoms with van der Waals surface area (Å²) in [4.78, 5) is 24.8. The Kier molecular flexibility index (Phi) is 6.76. The number of benzene rings is 1. The number of methoxy groups -OCH3 is 1. The van der Waals surface area contributed by atoms with E-state index in [4.69, 9.17) is 4.74 Å². The lowest BCUT2D eigenvalue weighted by atomic mass is 9.81. The second kappa shape index (κ2) is 8.97. The number of carbonyl (C=O) groups excluding carboxylic acids is 2. The maximum absolute atomic E-state index is 13.4. The molecule has 2 fully saturated rings. The zero-order valence-corrected chi connectivity index (χ0v) is 17.6. The molecule has 0 bridgehead atoms. The molecule has 166 valence electrons. The summed E-state index contributed by atoms with van der Waals surface area (Å²) in [5.74, 6) is -3.52. The molecular weight excluding hydrogens is 418 g/mol. The minimum atomic E-state index is -3.99. The Bertz CT molecular complexity index is 908. The monoisotopic (exact) mass is 444 g/mol. The van der Waals surface area contributed by atoms with Crippen molar-refractivity contribution in [1.29, 1.82) is 0 Å². The largest absolute Gasteiger partial charge is 0.467 e. The van der Waals surface area contributed by atoms with Gasteiger partial charge >= 0.3 is 5.97 Å². The molecule has 0 aromatic heterocycles. The molecule has 1 amide bonds. The lowest BCUT2D eigenvalue weighted by molar-refractivity contribution is -0.153. The zero-order chi connectivity index (χ0) is 21.9. The summed E-state index contributed by atoms with van der Waals surface area (Å²) >= 11 is 0. The molecular formula is C20H26F2N2O5S. The van der Waals surface area contributed by atoms with Crippen LogP contribution in [0.15, 0.2) is 23.1 Å². The van der Waals surface area contributed by atoms with Crippen LogP contribution in [0, 0.1) is 17.6 Å². The van der Waals surface area contributed by atoms with E-state index in [2.05, 4.69) is 5.32 Å². The van der Waals surface area contributed by atoms with Crippen molar-refractivity contribution in [2.75, 3.05) is 20.2 Å². The highest BCUT2D eigenvalue weighted by Crippen LogP contribution is 2.31. The molecule has 1 aromatic rings. The van der Waals surface area contributed by atoms with Gasteiger partial charge in [-0.05, 0) is 43.9 Å². The van der Waals surface area contributed by atoms with E-state index in [1.165, 1.54) is 11.4 Å². The second-order valence-corrected chi connectivity index (χ2v) is 9.82. The molecule has 30 heavy (non-hydrogen) atoms. The summed E-state index contributed by atoms with van der Waals surface area (Å²) in [6, 6.07) is 2.46. The first kappa shape index (κ1) is 22.6. The average Bonchev–Trinajstić information content (AvgIpc) is 2.75. The van der Waals surface area contributed by atoms with Gasteiger partial charge in [0.25, 0.3) is 0 Å². The number of amides is 1. The molecule has 7 nitrogen and oxygen atoms in total. The van der Waals surface area contributed by atoms with E-state index >= 15 is 0 Å². The van der Waals surface area contributed by atoms with E-state index in [-0.39, 0.29) is 36.7 Å². The molecule has 1 N–H and O–H groups in total. The minimum absolute atomic E-state index is 0.0740. The van der Waals surface area contributed by atoms with Crippen LogP contribution in [0.3, 0.4) is 0 Å². The number of carbonyl (C=O) groups is 2. The van der Waals surface area contributed by atoms with Gasteiger partial charge in [-0.25, -0.2) is 22.0 Å². The van der Waals surface area contributed by atoms with Crippen LogP contribution in [-0.2, 0) is 24.3 Å². The molecule has 2 aliphatic rings. The van der Waals surface area contributed by atoms with Gasteiger partial charge in [0.1, 0.15) is 5.54 Å². The number of rotatable bonds is 5. The van der Waals surface area contributed by atoms with Crippen LogP contribution in [0.4, 0.5) is 8.78 Å². The molecule has 1 saturated carbocycles. The number of piperidine rings is 1. The molecule has 0 atom stereocenters. The van der Waals surface area contributed by atoms with Gasteiger partial charge in [-0.2, -0.15) is 4.31 Å². The molecule has 0 spiro atoms. The Balaban J connectivity index is 1.65. The van der Waals surface area contributed by atoms with E-state index in [0.29, 0.717) is 18.9 Å². The summed E-state index contributed by atoms with van der Waals surface area (Å²) in [6.45, 7) is 0.148. The first-order valence-electron chi connectivity index (χ1n) is 10.1. The van der Waals surface area contributed by atoms with Crippen molar-refractivity contribution in [2.24, 2.45) is 5.92 Å². The second-order valence-electron chi connectivity index (χ2n) is 7.88. The Hall–Kier alpha value is -2.07.